The molecule has 1 atom stereocenters. The van der Waals surface area contributed by atoms with Gasteiger partial charge in [0, 0.05) is 11.2 Å². The van der Waals surface area contributed by atoms with Crippen LogP contribution < -0.4 is 15.0 Å². The molecular weight excluding hydrogens is 491 g/mol. The van der Waals surface area contributed by atoms with E-state index in [1.807, 2.05) is 20.8 Å². The molecule has 0 saturated heterocycles. The van der Waals surface area contributed by atoms with Crippen molar-refractivity contribution in [1.29, 1.82) is 0 Å². The second kappa shape index (κ2) is 10.8. The van der Waals surface area contributed by atoms with Crippen molar-refractivity contribution >= 4 is 17.5 Å². The van der Waals surface area contributed by atoms with E-state index < -0.39 is 29.2 Å². The molecule has 11 heteroatoms. The lowest BCUT2D eigenvalue weighted by Crippen LogP contribution is -2.50. The van der Waals surface area contributed by atoms with Crippen LogP contribution in [0.4, 0.5) is 10.1 Å². The molecule has 1 N–H and O–H groups in total. The number of benzene rings is 2. The topological polar surface area (TPSA) is 115 Å². The molecule has 2 aromatic heterocycles. The lowest BCUT2D eigenvalue weighted by Gasteiger charge is -2.33. The summed E-state index contributed by atoms with van der Waals surface area (Å²) < 4.78 is 24.6. The number of amides is 2. The molecule has 38 heavy (non-hydrogen) atoms. The first-order valence-corrected chi connectivity index (χ1v) is 11.9. The lowest BCUT2D eigenvalue weighted by molar-refractivity contribution is -0.128. The number of rotatable bonds is 8. The first-order valence-electron chi connectivity index (χ1n) is 11.9. The van der Waals surface area contributed by atoms with E-state index in [1.165, 1.54) is 36.3 Å². The van der Waals surface area contributed by atoms with Gasteiger partial charge < -0.3 is 14.5 Å². The summed E-state index contributed by atoms with van der Waals surface area (Å²) in [4.78, 5) is 29.9. The zero-order valence-electron chi connectivity index (χ0n) is 21.8. The van der Waals surface area contributed by atoms with Crippen LogP contribution in [0.2, 0.25) is 0 Å². The quantitative estimate of drug-likeness (QED) is 0.372. The Morgan fingerprint density at radius 3 is 2.34 bits per heavy atom. The van der Waals surface area contributed by atoms with Crippen molar-refractivity contribution < 1.29 is 23.1 Å². The third kappa shape index (κ3) is 6.23. The summed E-state index contributed by atoms with van der Waals surface area (Å²) >= 11 is 0. The Bertz CT molecular complexity index is 1410. The van der Waals surface area contributed by atoms with Crippen molar-refractivity contribution in [3.8, 4) is 17.3 Å². The smallest absolute Gasteiger partial charge is 0.251 e. The Labute approximate surface area is 219 Å². The minimum Gasteiger partial charge on any atom is -0.497 e. The maximum atomic E-state index is 13.8. The van der Waals surface area contributed by atoms with E-state index in [1.54, 1.807) is 43.3 Å². The Hall–Kier alpha value is -4.54. The maximum Gasteiger partial charge on any atom is 0.251 e. The molecule has 10 nitrogen and oxygen atoms in total. The third-order valence-corrected chi connectivity index (χ3v) is 5.50. The number of hydrogen-bond acceptors (Lipinski definition) is 7. The molecule has 0 fully saturated rings. The van der Waals surface area contributed by atoms with Crippen LogP contribution in [0.15, 0.2) is 65.1 Å². The Kier molecular flexibility index (Phi) is 7.56. The largest absolute Gasteiger partial charge is 0.497 e. The van der Waals surface area contributed by atoms with E-state index in [2.05, 4.69) is 20.7 Å². The van der Waals surface area contributed by atoms with E-state index in [-0.39, 0.29) is 12.4 Å². The van der Waals surface area contributed by atoms with Crippen LogP contribution in [0.1, 0.15) is 38.1 Å². The molecule has 0 bridgehead atoms. The van der Waals surface area contributed by atoms with Gasteiger partial charge in [-0.25, -0.2) is 4.39 Å². The van der Waals surface area contributed by atoms with Crippen molar-refractivity contribution in [1.82, 2.24) is 25.5 Å². The molecule has 198 valence electrons. The summed E-state index contributed by atoms with van der Waals surface area (Å²) in [6.07, 6.45) is 0. The van der Waals surface area contributed by atoms with Crippen LogP contribution in [0, 0.1) is 12.7 Å². The Morgan fingerprint density at radius 1 is 1.08 bits per heavy atom. The highest BCUT2D eigenvalue weighted by atomic mass is 19.1. The molecule has 4 aromatic rings. The van der Waals surface area contributed by atoms with Gasteiger partial charge in [0.1, 0.15) is 29.9 Å². The number of carbonyl (C=O) groups excluding carboxylic acids is 2. The number of hydrogen-bond donors (Lipinski definition) is 1. The van der Waals surface area contributed by atoms with Gasteiger partial charge in [0.15, 0.2) is 5.76 Å². The molecule has 0 aliphatic heterocycles. The van der Waals surface area contributed by atoms with Crippen molar-refractivity contribution in [2.45, 2.75) is 45.8 Å². The average molecular weight is 521 g/mol. The lowest BCUT2D eigenvalue weighted by atomic mass is 10.0. The van der Waals surface area contributed by atoms with Gasteiger partial charge in [-0.3, -0.25) is 14.5 Å². The number of aryl methyl sites for hydroxylation is 1. The van der Waals surface area contributed by atoms with E-state index in [0.717, 1.165) is 4.80 Å². The summed E-state index contributed by atoms with van der Waals surface area (Å²) in [5.41, 5.74) is 0.273. The van der Waals surface area contributed by atoms with E-state index in [0.29, 0.717) is 28.5 Å². The molecule has 0 aliphatic carbocycles. The van der Waals surface area contributed by atoms with Crippen LogP contribution in [-0.2, 0) is 16.1 Å². The summed E-state index contributed by atoms with van der Waals surface area (Å²) in [5, 5.41) is 15.2. The number of aromatic nitrogens is 4. The third-order valence-electron chi connectivity index (χ3n) is 5.50. The van der Waals surface area contributed by atoms with Crippen molar-refractivity contribution in [3.63, 3.8) is 0 Å². The molecule has 0 unspecified atom stereocenters. The summed E-state index contributed by atoms with van der Waals surface area (Å²) in [6, 6.07) is 14.6. The van der Waals surface area contributed by atoms with E-state index >= 15 is 0 Å². The van der Waals surface area contributed by atoms with Gasteiger partial charge in [0.25, 0.3) is 5.91 Å². The average Bonchev–Trinajstić information content (AvgIpc) is 3.51. The predicted molar refractivity (Wildman–Crippen MR) is 138 cm³/mol. The Morgan fingerprint density at radius 2 is 1.76 bits per heavy atom. The van der Waals surface area contributed by atoms with E-state index in [9.17, 15) is 14.0 Å². The van der Waals surface area contributed by atoms with Gasteiger partial charge in [-0.1, -0.05) is 12.1 Å². The molecule has 0 aliphatic rings. The number of anilines is 1. The number of nitrogens with one attached hydrogen (secondary N) is 1. The van der Waals surface area contributed by atoms with Gasteiger partial charge in [0.05, 0.1) is 7.11 Å². The molecule has 0 spiro atoms. The minimum atomic E-state index is -1.09. The van der Waals surface area contributed by atoms with Crippen LogP contribution in [0.3, 0.4) is 0 Å². The van der Waals surface area contributed by atoms with Crippen LogP contribution in [0.5, 0.6) is 5.75 Å². The van der Waals surface area contributed by atoms with Crippen LogP contribution >= 0.6 is 0 Å². The summed E-state index contributed by atoms with van der Waals surface area (Å²) in [5.74, 6) is 0.504. The maximum absolute atomic E-state index is 13.8. The summed E-state index contributed by atoms with van der Waals surface area (Å²) in [7, 11) is 1.54. The zero-order valence-corrected chi connectivity index (χ0v) is 21.8. The highest BCUT2D eigenvalue weighted by molar-refractivity contribution is 6.01. The molecule has 2 heterocycles. The number of methoxy groups -OCH3 is 1. The highest BCUT2D eigenvalue weighted by Gasteiger charge is 2.35. The molecule has 4 rings (SSSR count). The number of carbonyl (C=O) groups is 2. The SMILES string of the molecule is COc1ccc([C@H](C(=O)NC(C)(C)C)N(C(=O)Cn2nnc(-c3ccc(C)o3)n2)c2ccc(F)cc2)cc1. The molecule has 2 aromatic carbocycles. The van der Waals surface area contributed by atoms with Gasteiger partial charge >= 0.3 is 0 Å². The molecule has 0 radical (unpaired) electrons. The number of tetrazole rings is 1. The number of nitrogens with zero attached hydrogens (tertiary/aromatic N) is 5. The molecule has 0 saturated carbocycles. The molecular formula is C27H29FN6O4. The van der Waals surface area contributed by atoms with Gasteiger partial charge in [-0.05, 0) is 87.0 Å². The highest BCUT2D eigenvalue weighted by Crippen LogP contribution is 2.30. The van der Waals surface area contributed by atoms with Gasteiger partial charge in [-0.2, -0.15) is 4.80 Å². The zero-order chi connectivity index (χ0) is 27.4. The van der Waals surface area contributed by atoms with Crippen molar-refractivity contribution in [3.05, 3.63) is 77.8 Å². The predicted octanol–water partition coefficient (Wildman–Crippen LogP) is 4.08. The second-order valence-corrected chi connectivity index (χ2v) is 9.71. The number of furan rings is 1. The molecule has 2 amide bonds. The standard InChI is InChI=1S/C27H29FN6O4/c1-17-6-15-22(38-17)25-30-32-33(31-25)16-23(35)34(20-11-9-19(28)10-12-20)24(26(36)29-27(2,3)4)18-7-13-21(37-5)14-8-18/h6-15,24H,16H2,1-5H3,(H,29,36)/t24-/m1/s1. The van der Waals surface area contributed by atoms with Crippen LogP contribution in [-0.4, -0.2) is 44.7 Å². The number of halogens is 1. The fraction of sp³-hybridized carbons (Fsp3) is 0.296. The fourth-order valence-electron chi connectivity index (χ4n) is 3.84. The fourth-order valence-corrected chi connectivity index (χ4v) is 3.84. The summed E-state index contributed by atoms with van der Waals surface area (Å²) in [6.45, 7) is 6.99. The second-order valence-electron chi connectivity index (χ2n) is 9.71. The van der Waals surface area contributed by atoms with Gasteiger partial charge in [0.2, 0.25) is 11.7 Å². The Balaban J connectivity index is 1.74. The first kappa shape index (κ1) is 26.5. The van der Waals surface area contributed by atoms with Crippen molar-refractivity contribution in [2.75, 3.05) is 12.0 Å². The normalized spacial score (nSPS) is 12.2. The van der Waals surface area contributed by atoms with Crippen molar-refractivity contribution in [2.24, 2.45) is 0 Å². The number of ether oxygens (including phenoxy) is 1. The van der Waals surface area contributed by atoms with Gasteiger partial charge in [-0.15, -0.1) is 10.2 Å². The van der Waals surface area contributed by atoms with Crippen LogP contribution in [0.25, 0.3) is 11.6 Å². The minimum absolute atomic E-state index is 0.219. The monoisotopic (exact) mass is 520 g/mol. The first-order chi connectivity index (χ1) is 18.0. The van der Waals surface area contributed by atoms with E-state index in [4.69, 9.17) is 9.15 Å².